The minimum absolute atomic E-state index is 0.0232. The molecule has 0 saturated carbocycles. The van der Waals surface area contributed by atoms with Crippen LogP contribution in [0.1, 0.15) is 47.7 Å². The number of hydrogen-bond acceptors (Lipinski definition) is 9. The Balaban J connectivity index is 1.38. The minimum atomic E-state index is -0.263. The number of nitrogens with one attached hydrogen (secondary N) is 1. The molecule has 1 amide bonds. The predicted octanol–water partition coefficient (Wildman–Crippen LogP) is 3.63. The van der Waals surface area contributed by atoms with Crippen molar-refractivity contribution in [1.82, 2.24) is 34.9 Å². The molecule has 1 N–H and O–H groups in total. The van der Waals surface area contributed by atoms with E-state index in [1.165, 1.54) is 6.08 Å². The Hall–Kier alpha value is -3.72. The summed E-state index contributed by atoms with van der Waals surface area (Å²) in [7, 11) is 4.23. The molecule has 0 bridgehead atoms. The molecule has 1 aromatic carbocycles. The number of amides is 1. The van der Waals surface area contributed by atoms with Crippen LogP contribution in [0.2, 0.25) is 5.02 Å². The summed E-state index contributed by atoms with van der Waals surface area (Å²) in [5.74, 6) is 0.653. The number of aromatic amines is 1. The van der Waals surface area contributed by atoms with Gasteiger partial charge in [-0.05, 0) is 63.7 Å². The van der Waals surface area contributed by atoms with E-state index in [-0.39, 0.29) is 24.4 Å². The van der Waals surface area contributed by atoms with Crippen LogP contribution < -0.4 is 9.64 Å². The van der Waals surface area contributed by atoms with Gasteiger partial charge < -0.3 is 19.4 Å². The first-order valence-electron chi connectivity index (χ1n) is 14.9. The Labute approximate surface area is 257 Å². The summed E-state index contributed by atoms with van der Waals surface area (Å²) in [4.78, 5) is 31.1. The van der Waals surface area contributed by atoms with E-state index in [1.807, 2.05) is 19.2 Å². The first kappa shape index (κ1) is 29.4. The third-order valence-corrected chi connectivity index (χ3v) is 9.76. The quantitative estimate of drug-likeness (QED) is 0.404. The lowest BCUT2D eigenvalue weighted by atomic mass is 9.90. The highest BCUT2D eigenvalue weighted by Crippen LogP contribution is 2.42. The predicted molar refractivity (Wildman–Crippen MR) is 165 cm³/mol. The summed E-state index contributed by atoms with van der Waals surface area (Å²) in [6.45, 7) is 9.43. The second kappa shape index (κ2) is 12.1. The van der Waals surface area contributed by atoms with Crippen LogP contribution in [0.15, 0.2) is 24.9 Å². The minimum Gasteiger partial charge on any atom is -0.462 e. The Morgan fingerprint density at radius 1 is 1.26 bits per heavy atom. The molecule has 11 nitrogen and oxygen atoms in total. The number of likely N-dealkylation sites (N-methyl/N-ethyl adjacent to an activating group) is 2. The van der Waals surface area contributed by atoms with Gasteiger partial charge in [0.15, 0.2) is 0 Å². The van der Waals surface area contributed by atoms with Crippen LogP contribution in [0.3, 0.4) is 0 Å². The SMILES string of the molecule is C=CC(=O)N1CCN(c2nc(OC[C@@H]3CCCN3C)nc3c2CN(C)C(c2c(Cl)c(C)cc4[nH]ncc24)C3)C[C@@H]1CC#N. The highest BCUT2D eigenvalue weighted by atomic mass is 35.5. The molecular formula is C31H38ClN9O2. The molecule has 0 radical (unpaired) electrons. The second-order valence-electron chi connectivity index (χ2n) is 11.9. The lowest BCUT2D eigenvalue weighted by molar-refractivity contribution is -0.128. The molecule has 0 spiro atoms. The number of H-pyrrole nitrogens is 1. The number of fused-ring (bicyclic) bond motifs is 2. The molecule has 43 heavy (non-hydrogen) atoms. The summed E-state index contributed by atoms with van der Waals surface area (Å²) >= 11 is 6.97. The Bertz CT molecular complexity index is 1580. The summed E-state index contributed by atoms with van der Waals surface area (Å²) in [5.41, 5.74) is 4.96. The van der Waals surface area contributed by atoms with Crippen molar-refractivity contribution in [1.29, 1.82) is 5.26 Å². The van der Waals surface area contributed by atoms with Crippen molar-refractivity contribution in [3.63, 3.8) is 0 Å². The Morgan fingerprint density at radius 2 is 2.09 bits per heavy atom. The van der Waals surface area contributed by atoms with Gasteiger partial charge in [0.2, 0.25) is 5.91 Å². The number of rotatable bonds is 7. The molecule has 3 aliphatic rings. The van der Waals surface area contributed by atoms with Gasteiger partial charge in [-0.15, -0.1) is 0 Å². The third kappa shape index (κ3) is 5.55. The summed E-state index contributed by atoms with van der Waals surface area (Å²) in [6, 6.07) is 4.70. The maximum atomic E-state index is 12.6. The molecule has 3 aromatic rings. The van der Waals surface area contributed by atoms with Gasteiger partial charge >= 0.3 is 6.01 Å². The molecular weight excluding hydrogens is 566 g/mol. The van der Waals surface area contributed by atoms with Gasteiger partial charge in [0.05, 0.1) is 35.9 Å². The zero-order chi connectivity index (χ0) is 30.2. The van der Waals surface area contributed by atoms with Gasteiger partial charge in [0, 0.05) is 60.7 Å². The van der Waals surface area contributed by atoms with E-state index in [4.69, 9.17) is 26.3 Å². The summed E-state index contributed by atoms with van der Waals surface area (Å²) < 4.78 is 6.30. The Morgan fingerprint density at radius 3 is 2.84 bits per heavy atom. The zero-order valence-electron chi connectivity index (χ0n) is 25.0. The number of ether oxygens (including phenoxy) is 1. The van der Waals surface area contributed by atoms with E-state index >= 15 is 0 Å². The van der Waals surface area contributed by atoms with Crippen molar-refractivity contribution >= 4 is 34.2 Å². The van der Waals surface area contributed by atoms with Gasteiger partial charge in [-0.25, -0.2) is 0 Å². The van der Waals surface area contributed by atoms with Gasteiger partial charge in [-0.3, -0.25) is 14.8 Å². The van der Waals surface area contributed by atoms with Gasteiger partial charge in [0.25, 0.3) is 0 Å². The van der Waals surface area contributed by atoms with Crippen LogP contribution in [-0.4, -0.2) is 99.7 Å². The topological polar surface area (TPSA) is 118 Å². The van der Waals surface area contributed by atoms with Crippen LogP contribution in [0.5, 0.6) is 6.01 Å². The fraction of sp³-hybridized carbons (Fsp3) is 0.516. The van der Waals surface area contributed by atoms with Crippen LogP contribution in [0, 0.1) is 18.3 Å². The fourth-order valence-electron chi connectivity index (χ4n) is 6.83. The van der Waals surface area contributed by atoms with E-state index in [1.54, 1.807) is 4.90 Å². The van der Waals surface area contributed by atoms with E-state index in [9.17, 15) is 10.1 Å². The number of carbonyl (C=O) groups excluding carboxylic acids is 1. The van der Waals surface area contributed by atoms with Crippen molar-refractivity contribution in [2.75, 3.05) is 51.8 Å². The number of aromatic nitrogens is 4. The van der Waals surface area contributed by atoms with Crippen LogP contribution in [-0.2, 0) is 17.8 Å². The van der Waals surface area contributed by atoms with E-state index in [2.05, 4.69) is 51.6 Å². The van der Waals surface area contributed by atoms with Gasteiger partial charge in [-0.2, -0.15) is 20.3 Å². The van der Waals surface area contributed by atoms with Crippen LogP contribution in [0.25, 0.3) is 10.9 Å². The number of carbonyl (C=O) groups is 1. The number of likely N-dealkylation sites (tertiary alicyclic amines) is 1. The summed E-state index contributed by atoms with van der Waals surface area (Å²) in [5, 5.41) is 18.7. The zero-order valence-corrected chi connectivity index (χ0v) is 25.8. The monoisotopic (exact) mass is 603 g/mol. The third-order valence-electron chi connectivity index (χ3n) is 9.26. The molecule has 2 fully saturated rings. The van der Waals surface area contributed by atoms with Gasteiger partial charge in [0.1, 0.15) is 12.4 Å². The molecule has 1 unspecified atom stereocenters. The number of benzene rings is 1. The largest absolute Gasteiger partial charge is 0.462 e. The molecule has 12 heteroatoms. The fourth-order valence-corrected chi connectivity index (χ4v) is 7.11. The maximum absolute atomic E-state index is 12.6. The molecule has 3 atom stereocenters. The van der Waals surface area contributed by atoms with Crippen molar-refractivity contribution in [3.05, 3.63) is 52.3 Å². The number of aryl methyl sites for hydroxylation is 1. The van der Waals surface area contributed by atoms with Crippen molar-refractivity contribution in [3.8, 4) is 12.1 Å². The molecule has 0 aliphatic carbocycles. The maximum Gasteiger partial charge on any atom is 0.318 e. The average molecular weight is 604 g/mol. The average Bonchev–Trinajstić information content (AvgIpc) is 3.64. The van der Waals surface area contributed by atoms with E-state index in [0.717, 1.165) is 63.5 Å². The normalized spacial score (nSPS) is 22.9. The molecule has 2 saturated heterocycles. The summed E-state index contributed by atoms with van der Waals surface area (Å²) in [6.07, 6.45) is 6.26. The lowest BCUT2D eigenvalue weighted by Gasteiger charge is -2.42. The molecule has 3 aliphatic heterocycles. The van der Waals surface area contributed by atoms with Gasteiger partial charge in [-0.1, -0.05) is 18.2 Å². The number of nitriles is 1. The number of halogens is 1. The van der Waals surface area contributed by atoms with Crippen molar-refractivity contribution in [2.45, 2.75) is 57.3 Å². The number of nitrogens with zero attached hydrogens (tertiary/aromatic N) is 8. The standard InChI is InChI=1S/C31H38ClN9O2/c1-5-27(42)41-12-11-40(16-20(41)8-9-33)30-23-17-39(4)26(28-22-15-34-37-25(22)13-19(2)29(28)32)14-24(23)35-31(36-30)43-18-21-7-6-10-38(21)3/h5,13,15,20-21,26H,1,6-8,10-12,14,16-18H2,2-4H3,(H,34,37)/t20-,21-,26?/m0/s1. The van der Waals surface area contributed by atoms with E-state index in [0.29, 0.717) is 51.3 Å². The number of anilines is 1. The first-order valence-corrected chi connectivity index (χ1v) is 15.3. The first-order chi connectivity index (χ1) is 20.8. The number of hydrogen-bond donors (Lipinski definition) is 1. The lowest BCUT2D eigenvalue weighted by Crippen LogP contribution is -2.55. The van der Waals surface area contributed by atoms with Crippen LogP contribution >= 0.6 is 11.6 Å². The molecule has 226 valence electrons. The highest BCUT2D eigenvalue weighted by Gasteiger charge is 2.36. The molecule has 2 aromatic heterocycles. The van der Waals surface area contributed by atoms with E-state index < -0.39 is 0 Å². The Kier molecular flexibility index (Phi) is 8.27. The van der Waals surface area contributed by atoms with Crippen LogP contribution in [0.4, 0.5) is 5.82 Å². The number of piperazine rings is 1. The van der Waals surface area contributed by atoms with Crippen molar-refractivity contribution < 1.29 is 9.53 Å². The second-order valence-corrected chi connectivity index (χ2v) is 12.3. The van der Waals surface area contributed by atoms with Crippen molar-refractivity contribution in [2.24, 2.45) is 0 Å². The highest BCUT2D eigenvalue weighted by molar-refractivity contribution is 6.33. The molecule has 6 rings (SSSR count). The molecule has 5 heterocycles. The smallest absolute Gasteiger partial charge is 0.318 e.